The molecule has 0 saturated heterocycles. The van der Waals surface area contributed by atoms with Crippen LogP contribution in [0.3, 0.4) is 0 Å². The summed E-state index contributed by atoms with van der Waals surface area (Å²) in [6, 6.07) is 19.1. The monoisotopic (exact) mass is 492 g/mol. The van der Waals surface area contributed by atoms with E-state index in [-0.39, 0.29) is 23.0 Å². The van der Waals surface area contributed by atoms with Crippen molar-refractivity contribution >= 4 is 51.6 Å². The molecule has 10 heteroatoms. The number of benzene rings is 2. The van der Waals surface area contributed by atoms with Gasteiger partial charge in [0.2, 0.25) is 5.91 Å². The van der Waals surface area contributed by atoms with Gasteiger partial charge in [0.25, 0.3) is 0 Å². The number of halogens is 1. The topological polar surface area (TPSA) is 109 Å². The molecule has 7 nitrogen and oxygen atoms in total. The Hall–Kier alpha value is -3.45. The Labute approximate surface area is 203 Å². The number of aromatic nitrogens is 3. The van der Waals surface area contributed by atoms with Gasteiger partial charge in [0.15, 0.2) is 10.3 Å². The van der Waals surface area contributed by atoms with Gasteiger partial charge in [-0.1, -0.05) is 65.8 Å². The molecule has 0 unspecified atom stereocenters. The fourth-order valence-electron chi connectivity index (χ4n) is 2.91. The quantitative estimate of drug-likeness (QED) is 0.284. The Kier molecular flexibility index (Phi) is 7.19. The van der Waals surface area contributed by atoms with Crippen LogP contribution in [0.15, 0.2) is 71.3 Å². The van der Waals surface area contributed by atoms with Gasteiger partial charge in [0, 0.05) is 16.0 Å². The van der Waals surface area contributed by atoms with Crippen molar-refractivity contribution in [3.8, 4) is 17.3 Å². The van der Waals surface area contributed by atoms with Crippen LogP contribution >= 0.6 is 34.7 Å². The number of thiazole rings is 1. The molecule has 1 amide bonds. The maximum Gasteiger partial charge on any atom is 0.239 e. The van der Waals surface area contributed by atoms with Crippen molar-refractivity contribution in [1.29, 1.82) is 5.26 Å². The van der Waals surface area contributed by atoms with E-state index in [1.165, 1.54) is 17.5 Å². The van der Waals surface area contributed by atoms with Gasteiger partial charge in [-0.15, -0.1) is 11.3 Å². The van der Waals surface area contributed by atoms with Crippen LogP contribution in [-0.2, 0) is 11.3 Å². The van der Waals surface area contributed by atoms with Crippen LogP contribution in [0.5, 0.6) is 0 Å². The fourth-order valence-corrected chi connectivity index (χ4v) is 4.58. The van der Waals surface area contributed by atoms with Crippen LogP contribution in [0.25, 0.3) is 11.3 Å². The van der Waals surface area contributed by atoms with Crippen molar-refractivity contribution in [3.63, 3.8) is 0 Å². The number of nitrogens with two attached hydrogens (primary N) is 1. The molecular formula is C23H17ClN6OS2. The van der Waals surface area contributed by atoms with Crippen molar-refractivity contribution < 1.29 is 4.79 Å². The summed E-state index contributed by atoms with van der Waals surface area (Å²) in [7, 11) is 0. The lowest BCUT2D eigenvalue weighted by molar-refractivity contribution is -0.116. The number of hydrogen-bond acceptors (Lipinski definition) is 8. The van der Waals surface area contributed by atoms with Gasteiger partial charge >= 0.3 is 0 Å². The molecule has 0 bridgehead atoms. The molecule has 2 aromatic heterocycles. The highest BCUT2D eigenvalue weighted by Gasteiger charge is 2.21. The van der Waals surface area contributed by atoms with E-state index >= 15 is 0 Å². The van der Waals surface area contributed by atoms with Crippen molar-refractivity contribution in [2.75, 3.05) is 16.4 Å². The highest BCUT2D eigenvalue weighted by molar-refractivity contribution is 7.99. The minimum atomic E-state index is -0.146. The summed E-state index contributed by atoms with van der Waals surface area (Å²) >= 11 is 8.55. The van der Waals surface area contributed by atoms with Gasteiger partial charge in [0.1, 0.15) is 17.5 Å². The zero-order chi connectivity index (χ0) is 23.2. The number of carbonyl (C=O) groups is 1. The van der Waals surface area contributed by atoms with E-state index in [1.54, 1.807) is 4.90 Å². The molecule has 0 spiro atoms. The zero-order valence-electron chi connectivity index (χ0n) is 17.2. The number of anilines is 2. The predicted molar refractivity (Wildman–Crippen MR) is 132 cm³/mol. The number of nitrogens with zero attached hydrogens (tertiary/aromatic N) is 5. The number of amides is 1. The Bertz CT molecular complexity index is 1300. The van der Waals surface area contributed by atoms with Gasteiger partial charge in [-0.2, -0.15) is 5.26 Å². The third-order valence-electron chi connectivity index (χ3n) is 4.59. The first-order valence-corrected chi connectivity index (χ1v) is 12.0. The lowest BCUT2D eigenvalue weighted by atomic mass is 10.2. The van der Waals surface area contributed by atoms with Crippen LogP contribution in [0.1, 0.15) is 11.1 Å². The third kappa shape index (κ3) is 5.68. The Morgan fingerprint density at radius 2 is 1.91 bits per heavy atom. The van der Waals surface area contributed by atoms with Crippen molar-refractivity contribution in [2.45, 2.75) is 11.7 Å². The fraction of sp³-hybridized carbons (Fsp3) is 0.0870. The van der Waals surface area contributed by atoms with Crippen LogP contribution in [-0.4, -0.2) is 26.6 Å². The van der Waals surface area contributed by atoms with Crippen LogP contribution in [0.2, 0.25) is 5.02 Å². The molecule has 164 valence electrons. The Balaban J connectivity index is 1.56. The second-order valence-electron chi connectivity index (χ2n) is 6.84. The lowest BCUT2D eigenvalue weighted by Gasteiger charge is -2.20. The highest BCUT2D eigenvalue weighted by atomic mass is 35.5. The molecule has 2 N–H and O–H groups in total. The van der Waals surface area contributed by atoms with E-state index < -0.39 is 0 Å². The molecule has 0 aliphatic rings. The summed E-state index contributed by atoms with van der Waals surface area (Å²) in [4.78, 5) is 27.8. The number of nitrogen functional groups attached to an aromatic ring is 1. The molecule has 0 radical (unpaired) electrons. The van der Waals surface area contributed by atoms with Crippen molar-refractivity contribution in [1.82, 2.24) is 15.0 Å². The first-order valence-electron chi connectivity index (χ1n) is 9.74. The molecule has 0 aliphatic carbocycles. The minimum Gasteiger partial charge on any atom is -0.382 e. The number of hydrogen-bond donors (Lipinski definition) is 1. The van der Waals surface area contributed by atoms with E-state index in [2.05, 4.69) is 9.97 Å². The summed E-state index contributed by atoms with van der Waals surface area (Å²) in [6.07, 6.45) is 1.36. The second kappa shape index (κ2) is 10.4. The number of carbonyl (C=O) groups excluding carboxylic acids is 1. The van der Waals surface area contributed by atoms with Crippen molar-refractivity contribution in [2.24, 2.45) is 0 Å². The SMILES string of the molecule is N#Cc1cnc(SCC(=O)N(Cc2ccccc2)c2nc(-c3ccc(Cl)cc3)cs2)nc1N. The molecule has 2 heterocycles. The molecule has 0 fully saturated rings. The summed E-state index contributed by atoms with van der Waals surface area (Å²) in [6.45, 7) is 0.379. The summed E-state index contributed by atoms with van der Waals surface area (Å²) in [5, 5.41) is 12.5. The largest absolute Gasteiger partial charge is 0.382 e. The molecular weight excluding hydrogens is 476 g/mol. The third-order valence-corrected chi connectivity index (χ3v) is 6.55. The highest BCUT2D eigenvalue weighted by Crippen LogP contribution is 2.30. The summed E-state index contributed by atoms with van der Waals surface area (Å²) in [5.41, 5.74) is 8.64. The first-order chi connectivity index (χ1) is 16.0. The van der Waals surface area contributed by atoms with Crippen LogP contribution in [0, 0.1) is 11.3 Å². The van der Waals surface area contributed by atoms with Gasteiger partial charge < -0.3 is 5.73 Å². The number of rotatable bonds is 7. The summed E-state index contributed by atoms with van der Waals surface area (Å²) < 4.78 is 0. The first kappa shape index (κ1) is 22.7. The van der Waals surface area contributed by atoms with E-state index in [4.69, 9.17) is 27.6 Å². The maximum absolute atomic E-state index is 13.2. The van der Waals surface area contributed by atoms with Gasteiger partial charge in [-0.25, -0.2) is 15.0 Å². The van der Waals surface area contributed by atoms with E-state index in [9.17, 15) is 4.79 Å². The molecule has 4 rings (SSSR count). The number of nitriles is 1. The van der Waals surface area contributed by atoms with Crippen molar-refractivity contribution in [3.05, 3.63) is 82.3 Å². The van der Waals surface area contributed by atoms with E-state index in [0.29, 0.717) is 21.9 Å². The van der Waals surface area contributed by atoms with Gasteiger partial charge in [-0.05, 0) is 17.7 Å². The van der Waals surface area contributed by atoms with Gasteiger partial charge in [0.05, 0.1) is 24.2 Å². The van der Waals surface area contributed by atoms with Gasteiger partial charge in [-0.3, -0.25) is 9.69 Å². The second-order valence-corrected chi connectivity index (χ2v) is 9.06. The number of thioether (sulfide) groups is 1. The van der Waals surface area contributed by atoms with Crippen LogP contribution < -0.4 is 10.6 Å². The lowest BCUT2D eigenvalue weighted by Crippen LogP contribution is -2.32. The van der Waals surface area contributed by atoms with E-state index in [0.717, 1.165) is 28.6 Å². The Morgan fingerprint density at radius 1 is 1.15 bits per heavy atom. The molecule has 0 saturated carbocycles. The minimum absolute atomic E-state index is 0.0913. The van der Waals surface area contributed by atoms with Crippen LogP contribution in [0.4, 0.5) is 10.9 Å². The molecule has 2 aromatic carbocycles. The summed E-state index contributed by atoms with van der Waals surface area (Å²) in [5.74, 6) is 0.0390. The normalized spacial score (nSPS) is 10.5. The zero-order valence-corrected chi connectivity index (χ0v) is 19.6. The molecule has 0 aliphatic heterocycles. The molecule has 0 atom stereocenters. The average Bonchev–Trinajstić information content (AvgIpc) is 3.32. The average molecular weight is 493 g/mol. The molecule has 4 aromatic rings. The standard InChI is InChI=1S/C23H17ClN6OS2/c24-18-8-6-16(7-9-18)19-13-33-23(28-19)30(12-15-4-2-1-3-5-15)20(31)14-32-22-27-11-17(10-25)21(26)29-22/h1-9,11,13H,12,14H2,(H2,26,27,29). The molecule has 33 heavy (non-hydrogen) atoms. The Morgan fingerprint density at radius 3 is 2.61 bits per heavy atom. The predicted octanol–water partition coefficient (Wildman–Crippen LogP) is 5.03. The maximum atomic E-state index is 13.2. The smallest absolute Gasteiger partial charge is 0.239 e. The van der Waals surface area contributed by atoms with E-state index in [1.807, 2.05) is 66.0 Å².